The molecule has 0 spiro atoms. The second-order valence-corrected chi connectivity index (χ2v) is 8.11. The van der Waals surface area contributed by atoms with Crippen LogP contribution in [-0.2, 0) is 11.2 Å². The first-order valence-electron chi connectivity index (χ1n) is 9.77. The van der Waals surface area contributed by atoms with Crippen molar-refractivity contribution >= 4 is 27.7 Å². The topological polar surface area (TPSA) is 49.3 Å². The van der Waals surface area contributed by atoms with Crippen LogP contribution in [0.25, 0.3) is 11.3 Å². The van der Waals surface area contributed by atoms with E-state index in [0.717, 1.165) is 46.0 Å². The van der Waals surface area contributed by atoms with Gasteiger partial charge in [-0.15, -0.1) is 0 Å². The van der Waals surface area contributed by atoms with E-state index in [4.69, 9.17) is 0 Å². The zero-order chi connectivity index (χ0) is 20.2. The van der Waals surface area contributed by atoms with E-state index in [9.17, 15) is 4.79 Å². The molecule has 0 bridgehead atoms. The average Bonchev–Trinajstić information content (AvgIpc) is 2.75. The summed E-state index contributed by atoms with van der Waals surface area (Å²) >= 11 is 3.43. The van der Waals surface area contributed by atoms with Gasteiger partial charge in [0.05, 0.1) is 12.1 Å². The summed E-state index contributed by atoms with van der Waals surface area (Å²) in [5, 5.41) is 0. The molecule has 6 heteroatoms. The largest absolute Gasteiger partial charge is 0.353 e. The molecule has 1 aromatic heterocycles. The van der Waals surface area contributed by atoms with Crippen LogP contribution >= 0.6 is 15.9 Å². The van der Waals surface area contributed by atoms with Crippen molar-refractivity contribution in [3.63, 3.8) is 0 Å². The van der Waals surface area contributed by atoms with Gasteiger partial charge in [0.15, 0.2) is 0 Å². The second-order valence-electron chi connectivity index (χ2n) is 7.20. The first kappa shape index (κ1) is 19.6. The fraction of sp³-hybridized carbons (Fsp3) is 0.261. The zero-order valence-corrected chi connectivity index (χ0v) is 18.0. The van der Waals surface area contributed by atoms with Crippen molar-refractivity contribution in [2.45, 2.75) is 13.3 Å². The quantitative estimate of drug-likeness (QED) is 0.599. The number of piperazine rings is 1. The monoisotopic (exact) mass is 450 g/mol. The standard InChI is InChI=1S/C23H23BrN4O/c1-17-25-21(19-5-3-2-4-6-19)16-22(26-17)27-11-13-28(14-12-27)23(29)15-18-7-9-20(24)10-8-18/h2-10,16H,11-15H2,1H3. The highest BCUT2D eigenvalue weighted by atomic mass is 79.9. The Morgan fingerprint density at radius 3 is 2.34 bits per heavy atom. The number of benzene rings is 2. The number of aromatic nitrogens is 2. The maximum absolute atomic E-state index is 12.7. The number of hydrogen-bond acceptors (Lipinski definition) is 4. The van der Waals surface area contributed by atoms with Gasteiger partial charge in [-0.05, 0) is 24.6 Å². The van der Waals surface area contributed by atoms with Crippen LogP contribution in [0, 0.1) is 6.92 Å². The number of nitrogens with zero attached hydrogens (tertiary/aromatic N) is 4. The maximum atomic E-state index is 12.7. The van der Waals surface area contributed by atoms with Crippen molar-refractivity contribution in [2.75, 3.05) is 31.1 Å². The van der Waals surface area contributed by atoms with Crippen LogP contribution in [-0.4, -0.2) is 47.0 Å². The molecule has 2 aromatic carbocycles. The van der Waals surface area contributed by atoms with Crippen LogP contribution in [0.1, 0.15) is 11.4 Å². The number of hydrogen-bond donors (Lipinski definition) is 0. The van der Waals surface area contributed by atoms with Gasteiger partial charge in [0, 0.05) is 42.3 Å². The number of rotatable bonds is 4. The normalized spacial score (nSPS) is 14.1. The van der Waals surface area contributed by atoms with Gasteiger partial charge < -0.3 is 9.80 Å². The maximum Gasteiger partial charge on any atom is 0.227 e. The van der Waals surface area contributed by atoms with Gasteiger partial charge >= 0.3 is 0 Å². The summed E-state index contributed by atoms with van der Waals surface area (Å²) in [6, 6.07) is 20.1. The molecule has 0 aliphatic carbocycles. The van der Waals surface area contributed by atoms with Gasteiger partial charge in [0.25, 0.3) is 0 Å². The van der Waals surface area contributed by atoms with Crippen molar-refractivity contribution in [2.24, 2.45) is 0 Å². The molecule has 4 rings (SSSR count). The van der Waals surface area contributed by atoms with E-state index in [-0.39, 0.29) is 5.91 Å². The fourth-order valence-corrected chi connectivity index (χ4v) is 3.81. The summed E-state index contributed by atoms with van der Waals surface area (Å²) in [6.45, 7) is 4.89. The van der Waals surface area contributed by atoms with E-state index in [1.54, 1.807) is 0 Å². The van der Waals surface area contributed by atoms with Crippen molar-refractivity contribution in [3.05, 3.63) is 76.5 Å². The van der Waals surface area contributed by atoms with Crippen LogP contribution in [0.4, 0.5) is 5.82 Å². The van der Waals surface area contributed by atoms with E-state index in [1.807, 2.05) is 60.4 Å². The smallest absolute Gasteiger partial charge is 0.227 e. The minimum Gasteiger partial charge on any atom is -0.353 e. The number of aryl methyl sites for hydroxylation is 1. The highest BCUT2D eigenvalue weighted by Crippen LogP contribution is 2.23. The van der Waals surface area contributed by atoms with E-state index in [1.165, 1.54) is 0 Å². The SMILES string of the molecule is Cc1nc(-c2ccccc2)cc(N2CCN(C(=O)Cc3ccc(Br)cc3)CC2)n1. The summed E-state index contributed by atoms with van der Waals surface area (Å²) in [5.41, 5.74) is 3.06. The van der Waals surface area contributed by atoms with Crippen LogP contribution in [0.2, 0.25) is 0 Å². The molecule has 1 amide bonds. The molecule has 3 aromatic rings. The Labute approximate surface area is 179 Å². The third kappa shape index (κ3) is 4.82. The Hall–Kier alpha value is -2.73. The Morgan fingerprint density at radius 1 is 0.966 bits per heavy atom. The molecule has 1 aliphatic heterocycles. The Kier molecular flexibility index (Phi) is 5.90. The number of amides is 1. The Bertz CT molecular complexity index is 984. The highest BCUT2D eigenvalue weighted by molar-refractivity contribution is 9.10. The lowest BCUT2D eigenvalue weighted by Crippen LogP contribution is -2.49. The molecule has 0 unspecified atom stereocenters. The zero-order valence-electron chi connectivity index (χ0n) is 16.4. The minimum atomic E-state index is 0.177. The summed E-state index contributed by atoms with van der Waals surface area (Å²) in [7, 11) is 0. The summed E-state index contributed by atoms with van der Waals surface area (Å²) in [5.74, 6) is 1.86. The first-order chi connectivity index (χ1) is 14.1. The van der Waals surface area contributed by atoms with Crippen molar-refractivity contribution in [1.82, 2.24) is 14.9 Å². The van der Waals surface area contributed by atoms with Crippen LogP contribution in [0.3, 0.4) is 0 Å². The van der Waals surface area contributed by atoms with Gasteiger partial charge in [0.2, 0.25) is 5.91 Å². The molecule has 0 N–H and O–H groups in total. The lowest BCUT2D eigenvalue weighted by molar-refractivity contribution is -0.130. The van der Waals surface area contributed by atoms with Crippen LogP contribution < -0.4 is 4.90 Å². The third-order valence-corrected chi connectivity index (χ3v) is 5.65. The number of anilines is 1. The second kappa shape index (κ2) is 8.74. The minimum absolute atomic E-state index is 0.177. The fourth-order valence-electron chi connectivity index (χ4n) is 3.54. The molecular formula is C23H23BrN4O. The van der Waals surface area contributed by atoms with E-state index in [0.29, 0.717) is 19.5 Å². The molecule has 1 aliphatic rings. The Morgan fingerprint density at radius 2 is 1.66 bits per heavy atom. The number of carbonyl (C=O) groups is 1. The summed E-state index contributed by atoms with van der Waals surface area (Å²) < 4.78 is 1.03. The average molecular weight is 451 g/mol. The predicted molar refractivity (Wildman–Crippen MR) is 119 cm³/mol. The first-order valence-corrected chi connectivity index (χ1v) is 10.6. The summed E-state index contributed by atoms with van der Waals surface area (Å²) in [6.07, 6.45) is 0.443. The van der Waals surface area contributed by atoms with Gasteiger partial charge in [-0.2, -0.15) is 0 Å². The molecule has 0 radical (unpaired) electrons. The lowest BCUT2D eigenvalue weighted by Gasteiger charge is -2.35. The Balaban J connectivity index is 1.41. The molecule has 1 fully saturated rings. The molecule has 0 saturated carbocycles. The van der Waals surface area contributed by atoms with Crippen molar-refractivity contribution in [1.29, 1.82) is 0 Å². The van der Waals surface area contributed by atoms with Gasteiger partial charge in [-0.3, -0.25) is 4.79 Å². The van der Waals surface area contributed by atoms with Gasteiger partial charge in [-0.25, -0.2) is 9.97 Å². The van der Waals surface area contributed by atoms with Crippen molar-refractivity contribution in [3.8, 4) is 11.3 Å². The van der Waals surface area contributed by atoms with Crippen molar-refractivity contribution < 1.29 is 4.79 Å². The molecule has 5 nitrogen and oxygen atoms in total. The summed E-state index contributed by atoms with van der Waals surface area (Å²) in [4.78, 5) is 26.1. The molecule has 29 heavy (non-hydrogen) atoms. The number of halogens is 1. The van der Waals surface area contributed by atoms with Crippen LogP contribution in [0.5, 0.6) is 0 Å². The lowest BCUT2D eigenvalue weighted by atomic mass is 10.1. The van der Waals surface area contributed by atoms with E-state index < -0.39 is 0 Å². The van der Waals surface area contributed by atoms with Crippen LogP contribution in [0.15, 0.2) is 65.1 Å². The molecule has 148 valence electrons. The molecular weight excluding hydrogens is 428 g/mol. The highest BCUT2D eigenvalue weighted by Gasteiger charge is 2.22. The molecule has 0 atom stereocenters. The third-order valence-electron chi connectivity index (χ3n) is 5.12. The predicted octanol–water partition coefficient (Wildman–Crippen LogP) is 4.11. The van der Waals surface area contributed by atoms with Gasteiger partial charge in [-0.1, -0.05) is 58.4 Å². The molecule has 1 saturated heterocycles. The van der Waals surface area contributed by atoms with E-state index in [2.05, 4.69) is 42.9 Å². The molecule has 2 heterocycles. The van der Waals surface area contributed by atoms with E-state index >= 15 is 0 Å². The number of carbonyl (C=O) groups excluding carboxylic acids is 1. The van der Waals surface area contributed by atoms with Gasteiger partial charge in [0.1, 0.15) is 11.6 Å².